The van der Waals surface area contributed by atoms with Crippen molar-refractivity contribution >= 4 is 35.0 Å². The average Bonchev–Trinajstić information content (AvgIpc) is 2.38. The van der Waals surface area contributed by atoms with E-state index in [9.17, 15) is 4.79 Å². The smallest absolute Gasteiger partial charge is 0.337 e. The van der Waals surface area contributed by atoms with Gasteiger partial charge >= 0.3 is 5.97 Å². The molecule has 0 amide bonds. The fourth-order valence-electron chi connectivity index (χ4n) is 2.04. The van der Waals surface area contributed by atoms with Crippen LogP contribution in [0.4, 0.5) is 5.69 Å². The lowest BCUT2D eigenvalue weighted by Crippen LogP contribution is -2.21. The van der Waals surface area contributed by atoms with Crippen LogP contribution in [0.3, 0.4) is 0 Å². The fraction of sp³-hybridized carbons (Fsp3) is 0.462. The van der Waals surface area contributed by atoms with Crippen molar-refractivity contribution in [3.8, 4) is 0 Å². The Hall–Kier alpha value is -0.870. The summed E-state index contributed by atoms with van der Waals surface area (Å²) in [6.45, 7) is 0.812. The molecule has 1 aromatic rings. The van der Waals surface area contributed by atoms with Gasteiger partial charge < -0.3 is 10.4 Å². The molecule has 0 aliphatic carbocycles. The van der Waals surface area contributed by atoms with E-state index >= 15 is 0 Å². The van der Waals surface area contributed by atoms with Gasteiger partial charge in [-0.25, -0.2) is 4.79 Å². The molecule has 0 radical (unpaired) electrons. The molecule has 1 heterocycles. The molecule has 0 aromatic heterocycles. The molecule has 0 spiro atoms. The van der Waals surface area contributed by atoms with Crippen LogP contribution in [0, 0.1) is 0 Å². The van der Waals surface area contributed by atoms with E-state index in [2.05, 4.69) is 5.32 Å². The molecular weight excluding hydrogens is 270 g/mol. The molecule has 3 nitrogen and oxygen atoms in total. The molecule has 1 aliphatic rings. The van der Waals surface area contributed by atoms with Gasteiger partial charge in [0.2, 0.25) is 0 Å². The van der Waals surface area contributed by atoms with Gasteiger partial charge in [0.25, 0.3) is 0 Å². The molecule has 18 heavy (non-hydrogen) atoms. The third-order valence-corrected chi connectivity index (χ3v) is 4.64. The minimum atomic E-state index is -0.948. The number of halogens is 1. The molecule has 0 saturated carbocycles. The molecular formula is C13H16ClNO2S. The number of carboxylic acids is 1. The van der Waals surface area contributed by atoms with Crippen molar-refractivity contribution in [1.82, 2.24) is 0 Å². The van der Waals surface area contributed by atoms with Gasteiger partial charge in [0, 0.05) is 22.5 Å². The van der Waals surface area contributed by atoms with Gasteiger partial charge in [-0.1, -0.05) is 18.0 Å². The molecule has 1 saturated heterocycles. The summed E-state index contributed by atoms with van der Waals surface area (Å²) in [5, 5.41) is 13.4. The predicted molar refractivity (Wildman–Crippen MR) is 77.0 cm³/mol. The number of anilines is 1. The number of carboxylic acid groups (broad SMARTS) is 1. The molecule has 1 unspecified atom stereocenters. The first-order valence-electron chi connectivity index (χ1n) is 6.05. The monoisotopic (exact) mass is 285 g/mol. The Balaban J connectivity index is 2.01. The summed E-state index contributed by atoms with van der Waals surface area (Å²) in [4.78, 5) is 11.1. The van der Waals surface area contributed by atoms with Crippen molar-refractivity contribution in [2.45, 2.75) is 24.5 Å². The number of carbonyl (C=O) groups is 1. The Morgan fingerprint density at radius 1 is 1.50 bits per heavy atom. The Morgan fingerprint density at radius 2 is 2.33 bits per heavy atom. The van der Waals surface area contributed by atoms with Crippen LogP contribution in [-0.4, -0.2) is 28.6 Å². The summed E-state index contributed by atoms with van der Waals surface area (Å²) in [7, 11) is 0. The second-order valence-corrected chi connectivity index (χ2v) is 6.21. The van der Waals surface area contributed by atoms with Gasteiger partial charge in [-0.3, -0.25) is 0 Å². The van der Waals surface area contributed by atoms with Crippen LogP contribution in [0.15, 0.2) is 18.2 Å². The summed E-state index contributed by atoms with van der Waals surface area (Å²) in [6.07, 6.45) is 3.77. The average molecular weight is 286 g/mol. The number of thioether (sulfide) groups is 1. The molecule has 2 N–H and O–H groups in total. The number of rotatable bonds is 4. The molecule has 1 aromatic carbocycles. The van der Waals surface area contributed by atoms with E-state index in [4.69, 9.17) is 16.7 Å². The maximum Gasteiger partial charge on any atom is 0.337 e. The maximum atomic E-state index is 11.1. The van der Waals surface area contributed by atoms with Gasteiger partial charge in [-0.2, -0.15) is 11.8 Å². The highest BCUT2D eigenvalue weighted by Gasteiger charge is 2.15. The third kappa shape index (κ3) is 3.56. The minimum absolute atomic E-state index is 0.239. The number of aromatic carboxylic acids is 1. The second-order valence-electron chi connectivity index (χ2n) is 4.36. The molecule has 98 valence electrons. The first kappa shape index (κ1) is 13.6. The van der Waals surface area contributed by atoms with Crippen LogP contribution in [-0.2, 0) is 0 Å². The van der Waals surface area contributed by atoms with Crippen LogP contribution in [0.1, 0.15) is 29.6 Å². The standard InChI is InChI=1S/C13H16ClNO2S/c14-9-4-5-12(11(7-9)13(16)17)15-8-10-3-1-2-6-18-10/h4-5,7,10,15H,1-3,6,8H2,(H,16,17). The van der Waals surface area contributed by atoms with Crippen molar-refractivity contribution in [1.29, 1.82) is 0 Å². The van der Waals surface area contributed by atoms with Gasteiger partial charge in [-0.05, 0) is 36.8 Å². The highest BCUT2D eigenvalue weighted by Crippen LogP contribution is 2.26. The fourth-order valence-corrected chi connectivity index (χ4v) is 3.45. The van der Waals surface area contributed by atoms with Crippen LogP contribution >= 0.6 is 23.4 Å². The number of hydrogen-bond acceptors (Lipinski definition) is 3. The topological polar surface area (TPSA) is 49.3 Å². The first-order chi connectivity index (χ1) is 8.66. The van der Waals surface area contributed by atoms with Crippen molar-refractivity contribution < 1.29 is 9.90 Å². The zero-order valence-electron chi connectivity index (χ0n) is 9.99. The van der Waals surface area contributed by atoms with Crippen LogP contribution in [0.25, 0.3) is 0 Å². The Kier molecular flexibility index (Phi) is 4.78. The largest absolute Gasteiger partial charge is 0.478 e. The Labute approximate surface area is 116 Å². The molecule has 5 heteroatoms. The lowest BCUT2D eigenvalue weighted by Gasteiger charge is -2.22. The van der Waals surface area contributed by atoms with E-state index in [-0.39, 0.29) is 5.56 Å². The molecule has 1 atom stereocenters. The van der Waals surface area contributed by atoms with Crippen molar-refractivity contribution in [2.24, 2.45) is 0 Å². The molecule has 0 bridgehead atoms. The summed E-state index contributed by atoms with van der Waals surface area (Å²) >= 11 is 7.78. The van der Waals surface area contributed by atoms with E-state index in [1.54, 1.807) is 12.1 Å². The highest BCUT2D eigenvalue weighted by molar-refractivity contribution is 7.99. The number of benzene rings is 1. The molecule has 1 fully saturated rings. The van der Waals surface area contributed by atoms with E-state index in [1.807, 2.05) is 11.8 Å². The molecule has 1 aliphatic heterocycles. The zero-order valence-corrected chi connectivity index (χ0v) is 11.6. The highest BCUT2D eigenvalue weighted by atomic mass is 35.5. The summed E-state index contributed by atoms with van der Waals surface area (Å²) in [6, 6.07) is 4.93. The van der Waals surface area contributed by atoms with Crippen molar-refractivity contribution in [2.75, 3.05) is 17.6 Å². The number of nitrogens with one attached hydrogen (secondary N) is 1. The maximum absolute atomic E-state index is 11.1. The first-order valence-corrected chi connectivity index (χ1v) is 7.48. The Bertz CT molecular complexity index is 433. The number of hydrogen-bond donors (Lipinski definition) is 2. The predicted octanol–water partition coefficient (Wildman–Crippen LogP) is 3.74. The Morgan fingerprint density at radius 3 is 3.00 bits per heavy atom. The second kappa shape index (κ2) is 6.34. The van der Waals surface area contributed by atoms with Crippen LogP contribution in [0.2, 0.25) is 5.02 Å². The third-order valence-electron chi connectivity index (χ3n) is 3.01. The van der Waals surface area contributed by atoms with Crippen LogP contribution < -0.4 is 5.32 Å². The van der Waals surface area contributed by atoms with Gasteiger partial charge in [0.15, 0.2) is 0 Å². The van der Waals surface area contributed by atoms with Crippen molar-refractivity contribution in [3.05, 3.63) is 28.8 Å². The lowest BCUT2D eigenvalue weighted by molar-refractivity contribution is 0.0698. The van der Waals surface area contributed by atoms with Gasteiger partial charge in [-0.15, -0.1) is 0 Å². The summed E-state index contributed by atoms with van der Waals surface area (Å²) < 4.78 is 0. The minimum Gasteiger partial charge on any atom is -0.478 e. The van der Waals surface area contributed by atoms with Gasteiger partial charge in [0.05, 0.1) is 5.56 Å². The normalized spacial score (nSPS) is 19.5. The summed E-state index contributed by atoms with van der Waals surface area (Å²) in [5.74, 6) is 0.259. The quantitative estimate of drug-likeness (QED) is 0.885. The van der Waals surface area contributed by atoms with Crippen molar-refractivity contribution in [3.63, 3.8) is 0 Å². The van der Waals surface area contributed by atoms with E-state index in [0.29, 0.717) is 16.0 Å². The van der Waals surface area contributed by atoms with E-state index in [1.165, 1.54) is 31.1 Å². The van der Waals surface area contributed by atoms with Crippen LogP contribution in [0.5, 0.6) is 0 Å². The van der Waals surface area contributed by atoms with E-state index in [0.717, 1.165) is 6.54 Å². The SMILES string of the molecule is O=C(O)c1cc(Cl)ccc1NCC1CCCCS1. The molecule has 2 rings (SSSR count). The zero-order chi connectivity index (χ0) is 13.0. The van der Waals surface area contributed by atoms with E-state index < -0.39 is 5.97 Å². The summed E-state index contributed by atoms with van der Waals surface area (Å²) in [5.41, 5.74) is 0.890. The lowest BCUT2D eigenvalue weighted by atomic mass is 10.1. The van der Waals surface area contributed by atoms with Gasteiger partial charge in [0.1, 0.15) is 0 Å².